The van der Waals surface area contributed by atoms with Crippen molar-refractivity contribution in [3.05, 3.63) is 24.3 Å². The van der Waals surface area contributed by atoms with E-state index < -0.39 is 0 Å². The van der Waals surface area contributed by atoms with Crippen LogP contribution in [0.2, 0.25) is 0 Å². The molecule has 1 fully saturated rings. The number of hydrogen-bond donors (Lipinski definition) is 0. The Balaban J connectivity index is 2.32. The fourth-order valence-corrected chi connectivity index (χ4v) is 1.37. The first kappa shape index (κ1) is 4.98. The van der Waals surface area contributed by atoms with Crippen LogP contribution in [0.3, 0.4) is 0 Å². The molecule has 1 heteroatoms. The van der Waals surface area contributed by atoms with Gasteiger partial charge in [0.2, 0.25) is 0 Å². The normalized spacial score (nSPS) is 44.2. The van der Waals surface area contributed by atoms with Gasteiger partial charge in [-0.3, -0.25) is 0 Å². The first-order valence-electron chi connectivity index (χ1n) is 3.20. The van der Waals surface area contributed by atoms with E-state index in [2.05, 4.69) is 6.08 Å². The molecule has 0 N–H and O–H groups in total. The summed E-state index contributed by atoms with van der Waals surface area (Å²) in [6, 6.07) is 0. The Morgan fingerprint density at radius 3 is 3.00 bits per heavy atom. The van der Waals surface area contributed by atoms with Crippen molar-refractivity contribution in [3.8, 4) is 0 Å². The summed E-state index contributed by atoms with van der Waals surface area (Å²) in [6.45, 7) is 0. The Bertz CT molecular complexity index is 203. The lowest BCUT2D eigenvalue weighted by Crippen LogP contribution is -2.01. The number of rotatable bonds is 1. The molecule has 9 heavy (non-hydrogen) atoms. The van der Waals surface area contributed by atoms with Crippen molar-refractivity contribution < 1.29 is 4.79 Å². The lowest BCUT2D eigenvalue weighted by molar-refractivity contribution is -0.111. The molecular formula is C8H8O. The minimum atomic E-state index is -0.0608. The smallest absolute Gasteiger partial charge is 0.130 e. The van der Waals surface area contributed by atoms with Gasteiger partial charge in [0.25, 0.3) is 0 Å². The zero-order valence-electron chi connectivity index (χ0n) is 5.08. The van der Waals surface area contributed by atoms with E-state index in [1.807, 2.05) is 18.2 Å². The van der Waals surface area contributed by atoms with E-state index in [4.69, 9.17) is 0 Å². The van der Waals surface area contributed by atoms with Crippen molar-refractivity contribution in [3.63, 3.8) is 0 Å². The molecule has 2 atom stereocenters. The van der Waals surface area contributed by atoms with Crippen LogP contribution in [0.5, 0.6) is 0 Å². The topological polar surface area (TPSA) is 17.1 Å². The molecule has 0 amide bonds. The minimum Gasteiger partial charge on any atom is -0.302 e. The molecule has 2 aliphatic rings. The maximum Gasteiger partial charge on any atom is 0.130 e. The highest BCUT2D eigenvalue weighted by molar-refractivity contribution is 5.70. The second kappa shape index (κ2) is 1.35. The molecule has 1 saturated carbocycles. The SMILES string of the molecule is O=CC12C=CC=CC1C2. The van der Waals surface area contributed by atoms with Crippen LogP contribution < -0.4 is 0 Å². The van der Waals surface area contributed by atoms with Crippen LogP contribution in [0, 0.1) is 11.3 Å². The van der Waals surface area contributed by atoms with Crippen molar-refractivity contribution in [2.45, 2.75) is 6.42 Å². The Kier molecular flexibility index (Phi) is 0.747. The highest BCUT2D eigenvalue weighted by Gasteiger charge is 2.51. The molecule has 0 bridgehead atoms. The average molecular weight is 120 g/mol. The van der Waals surface area contributed by atoms with E-state index in [1.165, 1.54) is 0 Å². The third kappa shape index (κ3) is 0.517. The van der Waals surface area contributed by atoms with Gasteiger partial charge in [-0.25, -0.2) is 0 Å². The molecule has 0 aromatic heterocycles. The number of aldehydes is 1. The van der Waals surface area contributed by atoms with Gasteiger partial charge in [-0.1, -0.05) is 24.3 Å². The maximum atomic E-state index is 10.4. The molecule has 46 valence electrons. The second-order valence-corrected chi connectivity index (χ2v) is 2.78. The highest BCUT2D eigenvalue weighted by Crippen LogP contribution is 2.54. The molecular weight excluding hydrogens is 112 g/mol. The molecule has 0 aromatic rings. The first-order valence-corrected chi connectivity index (χ1v) is 3.20. The van der Waals surface area contributed by atoms with Gasteiger partial charge in [-0.15, -0.1) is 0 Å². The molecule has 1 nitrogen and oxygen atoms in total. The van der Waals surface area contributed by atoms with Crippen molar-refractivity contribution in [1.29, 1.82) is 0 Å². The summed E-state index contributed by atoms with van der Waals surface area (Å²) in [5, 5.41) is 0. The van der Waals surface area contributed by atoms with E-state index in [-0.39, 0.29) is 5.41 Å². The van der Waals surface area contributed by atoms with Crippen LogP contribution in [-0.2, 0) is 4.79 Å². The van der Waals surface area contributed by atoms with Crippen molar-refractivity contribution in [2.75, 3.05) is 0 Å². The number of fused-ring (bicyclic) bond motifs is 1. The van der Waals surface area contributed by atoms with Crippen molar-refractivity contribution in [2.24, 2.45) is 11.3 Å². The summed E-state index contributed by atoms with van der Waals surface area (Å²) >= 11 is 0. The molecule has 2 rings (SSSR count). The standard InChI is InChI=1S/C8H8O/c9-6-8-4-2-1-3-7(8)5-8/h1-4,6-7H,5H2. The minimum absolute atomic E-state index is 0.0608. The van der Waals surface area contributed by atoms with Gasteiger partial charge in [0.05, 0.1) is 5.41 Å². The largest absolute Gasteiger partial charge is 0.302 e. The van der Waals surface area contributed by atoms with Gasteiger partial charge in [-0.05, 0) is 12.3 Å². The van der Waals surface area contributed by atoms with Gasteiger partial charge in [0.1, 0.15) is 6.29 Å². The van der Waals surface area contributed by atoms with Gasteiger partial charge in [0, 0.05) is 0 Å². The van der Waals surface area contributed by atoms with Gasteiger partial charge in [-0.2, -0.15) is 0 Å². The third-order valence-corrected chi connectivity index (χ3v) is 2.18. The lowest BCUT2D eigenvalue weighted by Gasteiger charge is -2.01. The predicted octanol–water partition coefficient (Wildman–Crippen LogP) is 1.32. The summed E-state index contributed by atoms with van der Waals surface area (Å²) in [6.07, 6.45) is 10.2. The third-order valence-electron chi connectivity index (χ3n) is 2.18. The molecule has 2 unspecified atom stereocenters. The first-order chi connectivity index (χ1) is 4.37. The zero-order valence-corrected chi connectivity index (χ0v) is 5.08. The number of carbonyl (C=O) groups is 1. The summed E-state index contributed by atoms with van der Waals surface area (Å²) in [5.41, 5.74) is -0.0608. The molecule has 0 aliphatic heterocycles. The Morgan fingerprint density at radius 2 is 2.44 bits per heavy atom. The van der Waals surface area contributed by atoms with Crippen LogP contribution >= 0.6 is 0 Å². The number of hydrogen-bond acceptors (Lipinski definition) is 1. The molecule has 0 radical (unpaired) electrons. The molecule has 0 aromatic carbocycles. The van der Waals surface area contributed by atoms with Gasteiger partial charge in [0.15, 0.2) is 0 Å². The predicted molar refractivity (Wildman–Crippen MR) is 34.9 cm³/mol. The highest BCUT2D eigenvalue weighted by atomic mass is 16.1. The molecule has 0 spiro atoms. The van der Waals surface area contributed by atoms with Crippen LogP contribution in [0.15, 0.2) is 24.3 Å². The van der Waals surface area contributed by atoms with Gasteiger partial charge >= 0.3 is 0 Å². The second-order valence-electron chi connectivity index (χ2n) is 2.78. The van der Waals surface area contributed by atoms with Crippen LogP contribution in [0.4, 0.5) is 0 Å². The van der Waals surface area contributed by atoms with Gasteiger partial charge < -0.3 is 4.79 Å². The Labute approximate surface area is 54.1 Å². The summed E-state index contributed by atoms with van der Waals surface area (Å²) in [7, 11) is 0. The molecule has 0 heterocycles. The summed E-state index contributed by atoms with van der Waals surface area (Å²) in [5.74, 6) is 0.528. The number of allylic oxidation sites excluding steroid dienone is 4. The van der Waals surface area contributed by atoms with Crippen LogP contribution in [-0.4, -0.2) is 6.29 Å². The fourth-order valence-electron chi connectivity index (χ4n) is 1.37. The van der Waals surface area contributed by atoms with Crippen LogP contribution in [0.25, 0.3) is 0 Å². The van der Waals surface area contributed by atoms with E-state index >= 15 is 0 Å². The molecule has 0 saturated heterocycles. The van der Waals surface area contributed by atoms with E-state index in [0.717, 1.165) is 12.7 Å². The average Bonchev–Trinajstić information content (AvgIpc) is 2.62. The van der Waals surface area contributed by atoms with Crippen molar-refractivity contribution >= 4 is 6.29 Å². The number of carbonyl (C=O) groups excluding carboxylic acids is 1. The summed E-state index contributed by atoms with van der Waals surface area (Å²) in [4.78, 5) is 10.4. The van der Waals surface area contributed by atoms with E-state index in [1.54, 1.807) is 0 Å². The summed E-state index contributed by atoms with van der Waals surface area (Å²) < 4.78 is 0. The zero-order chi connectivity index (χ0) is 6.32. The maximum absolute atomic E-state index is 10.4. The quantitative estimate of drug-likeness (QED) is 0.477. The monoisotopic (exact) mass is 120 g/mol. The van der Waals surface area contributed by atoms with Crippen LogP contribution in [0.1, 0.15) is 6.42 Å². The fraction of sp³-hybridized carbons (Fsp3) is 0.375. The van der Waals surface area contributed by atoms with E-state index in [0.29, 0.717) is 5.92 Å². The molecule has 2 aliphatic carbocycles. The lowest BCUT2D eigenvalue weighted by atomic mass is 10.0. The Hall–Kier alpha value is -0.850. The van der Waals surface area contributed by atoms with Crippen molar-refractivity contribution in [1.82, 2.24) is 0 Å². The Morgan fingerprint density at radius 1 is 1.56 bits per heavy atom. The van der Waals surface area contributed by atoms with E-state index in [9.17, 15) is 4.79 Å².